The maximum Gasteiger partial charge on any atom is 0.0587 e. The van der Waals surface area contributed by atoms with E-state index < -0.39 is 0 Å². The van der Waals surface area contributed by atoms with Crippen molar-refractivity contribution in [2.75, 3.05) is 26.8 Å². The van der Waals surface area contributed by atoms with E-state index in [2.05, 4.69) is 12.2 Å². The van der Waals surface area contributed by atoms with Crippen LogP contribution in [0.25, 0.3) is 0 Å². The Bertz CT molecular complexity index is 152. The van der Waals surface area contributed by atoms with E-state index in [1.807, 2.05) is 0 Å². The van der Waals surface area contributed by atoms with Crippen LogP contribution in [0, 0.1) is 5.41 Å². The predicted molar refractivity (Wildman–Crippen MR) is 69.8 cm³/mol. The molecule has 2 nitrogen and oxygen atoms in total. The van der Waals surface area contributed by atoms with Crippen LogP contribution in [0.15, 0.2) is 0 Å². The molecule has 1 aliphatic carbocycles. The van der Waals surface area contributed by atoms with Crippen molar-refractivity contribution in [2.24, 2.45) is 5.41 Å². The molecular formula is C14H29NO. The van der Waals surface area contributed by atoms with E-state index in [0.717, 1.165) is 13.2 Å². The molecule has 0 aromatic rings. The number of rotatable bonds is 10. The molecule has 1 saturated carbocycles. The second-order valence-corrected chi connectivity index (χ2v) is 5.33. The molecule has 0 bridgehead atoms. The first-order valence-electron chi connectivity index (χ1n) is 7.03. The normalized spacial score (nSPS) is 18.4. The summed E-state index contributed by atoms with van der Waals surface area (Å²) in [4.78, 5) is 0. The van der Waals surface area contributed by atoms with E-state index in [0.29, 0.717) is 5.41 Å². The van der Waals surface area contributed by atoms with Crippen molar-refractivity contribution in [3.8, 4) is 0 Å². The molecule has 0 heterocycles. The number of unbranched alkanes of at least 4 members (excludes halogenated alkanes) is 3. The van der Waals surface area contributed by atoms with Crippen LogP contribution >= 0.6 is 0 Å². The van der Waals surface area contributed by atoms with Gasteiger partial charge in [0.15, 0.2) is 0 Å². The molecule has 0 radical (unpaired) electrons. The van der Waals surface area contributed by atoms with Crippen molar-refractivity contribution in [3.05, 3.63) is 0 Å². The van der Waals surface area contributed by atoms with Gasteiger partial charge in [0, 0.05) is 20.2 Å². The van der Waals surface area contributed by atoms with Crippen molar-refractivity contribution >= 4 is 0 Å². The third-order valence-electron chi connectivity index (χ3n) is 3.96. The van der Waals surface area contributed by atoms with Gasteiger partial charge < -0.3 is 10.1 Å². The summed E-state index contributed by atoms with van der Waals surface area (Å²) < 4.78 is 5.06. The Hall–Kier alpha value is -0.0800. The minimum Gasteiger partial charge on any atom is -0.383 e. The Balaban J connectivity index is 2.07. The van der Waals surface area contributed by atoms with Crippen LogP contribution in [0.3, 0.4) is 0 Å². The van der Waals surface area contributed by atoms with Gasteiger partial charge in [0.05, 0.1) is 6.61 Å². The van der Waals surface area contributed by atoms with Crippen LogP contribution in [-0.4, -0.2) is 26.8 Å². The van der Waals surface area contributed by atoms with Gasteiger partial charge in [-0.1, -0.05) is 39.0 Å². The summed E-state index contributed by atoms with van der Waals surface area (Å²) in [7, 11) is 1.77. The van der Waals surface area contributed by atoms with Crippen LogP contribution in [0.2, 0.25) is 0 Å². The van der Waals surface area contributed by atoms with Crippen molar-refractivity contribution in [1.82, 2.24) is 5.32 Å². The lowest BCUT2D eigenvalue weighted by atomic mass is 9.66. The van der Waals surface area contributed by atoms with Gasteiger partial charge in [0.25, 0.3) is 0 Å². The van der Waals surface area contributed by atoms with Gasteiger partial charge in [-0.3, -0.25) is 0 Å². The van der Waals surface area contributed by atoms with Gasteiger partial charge in [0.1, 0.15) is 0 Å². The Labute approximate surface area is 101 Å². The molecule has 0 saturated heterocycles. The Morgan fingerprint density at radius 3 is 2.56 bits per heavy atom. The fraction of sp³-hybridized carbons (Fsp3) is 1.00. The minimum absolute atomic E-state index is 0.654. The van der Waals surface area contributed by atoms with Crippen LogP contribution in [0.1, 0.15) is 58.3 Å². The fourth-order valence-corrected chi connectivity index (χ4v) is 2.65. The summed E-state index contributed by atoms with van der Waals surface area (Å²) >= 11 is 0. The topological polar surface area (TPSA) is 21.3 Å². The molecule has 16 heavy (non-hydrogen) atoms. The van der Waals surface area contributed by atoms with Gasteiger partial charge in [0.2, 0.25) is 0 Å². The lowest BCUT2D eigenvalue weighted by molar-refractivity contribution is 0.107. The van der Waals surface area contributed by atoms with Gasteiger partial charge in [-0.2, -0.15) is 0 Å². The maximum atomic E-state index is 5.06. The standard InChI is InChI=1S/C14H29NO/c1-3-4-5-6-8-14(9-7-10-14)13-15-11-12-16-2/h15H,3-13H2,1-2H3. The highest BCUT2D eigenvalue weighted by Crippen LogP contribution is 2.44. The lowest BCUT2D eigenvalue weighted by Crippen LogP contribution is -2.40. The van der Waals surface area contributed by atoms with E-state index in [4.69, 9.17) is 4.74 Å². The Morgan fingerprint density at radius 2 is 2.00 bits per heavy atom. The largest absolute Gasteiger partial charge is 0.383 e. The molecular weight excluding hydrogens is 198 g/mol. The SMILES string of the molecule is CCCCCCC1(CNCCOC)CCC1. The zero-order valence-electron chi connectivity index (χ0n) is 11.2. The summed E-state index contributed by atoms with van der Waals surface area (Å²) in [5, 5.41) is 3.54. The number of hydrogen-bond donors (Lipinski definition) is 1. The van der Waals surface area contributed by atoms with Gasteiger partial charge in [-0.05, 0) is 24.7 Å². The second kappa shape index (κ2) is 8.08. The summed E-state index contributed by atoms with van der Waals surface area (Å²) in [6.45, 7) is 5.34. The molecule has 1 aliphatic rings. The third-order valence-corrected chi connectivity index (χ3v) is 3.96. The van der Waals surface area contributed by atoms with Crippen molar-refractivity contribution in [2.45, 2.75) is 58.3 Å². The number of ether oxygens (including phenoxy) is 1. The summed E-state index contributed by atoms with van der Waals surface area (Å²) in [6, 6.07) is 0. The molecule has 0 atom stereocenters. The second-order valence-electron chi connectivity index (χ2n) is 5.33. The van der Waals surface area contributed by atoms with E-state index in [1.54, 1.807) is 7.11 Å². The molecule has 1 rings (SSSR count). The molecule has 1 fully saturated rings. The van der Waals surface area contributed by atoms with E-state index in [9.17, 15) is 0 Å². The monoisotopic (exact) mass is 227 g/mol. The Morgan fingerprint density at radius 1 is 1.19 bits per heavy atom. The smallest absolute Gasteiger partial charge is 0.0587 e. The molecule has 0 spiro atoms. The molecule has 0 amide bonds. The first-order valence-corrected chi connectivity index (χ1v) is 7.03. The third kappa shape index (κ3) is 4.84. The fourth-order valence-electron chi connectivity index (χ4n) is 2.65. The summed E-state index contributed by atoms with van der Waals surface area (Å²) in [5.74, 6) is 0. The lowest BCUT2D eigenvalue weighted by Gasteiger charge is -2.42. The minimum atomic E-state index is 0.654. The highest BCUT2D eigenvalue weighted by molar-refractivity contribution is 4.89. The average molecular weight is 227 g/mol. The average Bonchev–Trinajstić information content (AvgIpc) is 2.25. The molecule has 0 aliphatic heterocycles. The maximum absolute atomic E-state index is 5.06. The molecule has 0 aromatic carbocycles. The van der Waals surface area contributed by atoms with E-state index in [1.165, 1.54) is 57.9 Å². The quantitative estimate of drug-likeness (QED) is 0.578. The van der Waals surface area contributed by atoms with Crippen molar-refractivity contribution < 1.29 is 4.74 Å². The van der Waals surface area contributed by atoms with Gasteiger partial charge in [-0.15, -0.1) is 0 Å². The highest BCUT2D eigenvalue weighted by atomic mass is 16.5. The predicted octanol–water partition coefficient (Wildman–Crippen LogP) is 3.36. The van der Waals surface area contributed by atoms with E-state index in [-0.39, 0.29) is 0 Å². The number of hydrogen-bond acceptors (Lipinski definition) is 2. The van der Waals surface area contributed by atoms with Crippen molar-refractivity contribution in [1.29, 1.82) is 0 Å². The summed E-state index contributed by atoms with van der Waals surface area (Å²) in [6.07, 6.45) is 11.4. The highest BCUT2D eigenvalue weighted by Gasteiger charge is 2.35. The number of methoxy groups -OCH3 is 1. The number of nitrogens with one attached hydrogen (secondary N) is 1. The van der Waals surface area contributed by atoms with Crippen LogP contribution in [0.5, 0.6) is 0 Å². The first-order chi connectivity index (χ1) is 7.83. The molecule has 0 unspecified atom stereocenters. The Kier molecular flexibility index (Phi) is 7.06. The van der Waals surface area contributed by atoms with Gasteiger partial charge in [-0.25, -0.2) is 0 Å². The summed E-state index contributed by atoms with van der Waals surface area (Å²) in [5.41, 5.74) is 0.654. The zero-order chi connectivity index (χ0) is 11.7. The zero-order valence-corrected chi connectivity index (χ0v) is 11.2. The van der Waals surface area contributed by atoms with Gasteiger partial charge >= 0.3 is 0 Å². The molecule has 0 aromatic heterocycles. The van der Waals surface area contributed by atoms with Crippen LogP contribution in [-0.2, 0) is 4.74 Å². The van der Waals surface area contributed by atoms with E-state index >= 15 is 0 Å². The molecule has 1 N–H and O–H groups in total. The van der Waals surface area contributed by atoms with Crippen LogP contribution < -0.4 is 5.32 Å². The van der Waals surface area contributed by atoms with Crippen LogP contribution in [0.4, 0.5) is 0 Å². The first kappa shape index (κ1) is 14.0. The molecule has 96 valence electrons. The molecule has 2 heteroatoms. The van der Waals surface area contributed by atoms with Crippen molar-refractivity contribution in [3.63, 3.8) is 0 Å².